The lowest BCUT2D eigenvalue weighted by Gasteiger charge is -2.18. The predicted octanol–water partition coefficient (Wildman–Crippen LogP) is 3.84. The smallest absolute Gasteiger partial charge is 0.131 e. The van der Waals surface area contributed by atoms with Gasteiger partial charge < -0.3 is 10.5 Å². The minimum absolute atomic E-state index is 0.102. The zero-order valence-electron chi connectivity index (χ0n) is 11.5. The number of nitrogens with two attached hydrogens (primary N) is 1. The van der Waals surface area contributed by atoms with Crippen LogP contribution in [0.4, 0.5) is 4.39 Å². The van der Waals surface area contributed by atoms with Crippen molar-refractivity contribution in [2.24, 2.45) is 5.73 Å². The van der Waals surface area contributed by atoms with Gasteiger partial charge >= 0.3 is 0 Å². The molecule has 3 rings (SSSR count). The van der Waals surface area contributed by atoms with Crippen LogP contribution in [-0.4, -0.2) is 6.61 Å². The standard InChI is InChI=1S/C17H18FNO/c1-11(19)12-4-6-16(18)15(10-12)13-5-7-17-14(9-13)3-2-8-20-17/h4-7,9-11H,2-3,8,19H2,1H3. The van der Waals surface area contributed by atoms with Crippen LogP contribution in [0.5, 0.6) is 5.75 Å². The number of hydrogen-bond acceptors (Lipinski definition) is 2. The highest BCUT2D eigenvalue weighted by molar-refractivity contribution is 5.67. The van der Waals surface area contributed by atoms with Crippen molar-refractivity contribution in [3.05, 3.63) is 53.3 Å². The first kappa shape index (κ1) is 13.1. The number of halogens is 1. The summed E-state index contributed by atoms with van der Waals surface area (Å²) >= 11 is 0. The van der Waals surface area contributed by atoms with Crippen molar-refractivity contribution in [3.63, 3.8) is 0 Å². The molecule has 0 aromatic heterocycles. The summed E-state index contributed by atoms with van der Waals surface area (Å²) in [4.78, 5) is 0. The molecule has 3 heteroatoms. The second-order valence-corrected chi connectivity index (χ2v) is 5.30. The van der Waals surface area contributed by atoms with Crippen LogP contribution in [0.25, 0.3) is 11.1 Å². The van der Waals surface area contributed by atoms with E-state index in [4.69, 9.17) is 10.5 Å². The zero-order valence-corrected chi connectivity index (χ0v) is 11.5. The number of aryl methyl sites for hydroxylation is 1. The van der Waals surface area contributed by atoms with Crippen molar-refractivity contribution in [3.8, 4) is 16.9 Å². The fraction of sp³-hybridized carbons (Fsp3) is 0.294. The van der Waals surface area contributed by atoms with E-state index in [1.807, 2.05) is 31.2 Å². The molecular formula is C17H18FNO. The summed E-state index contributed by atoms with van der Waals surface area (Å²) in [6, 6.07) is 10.8. The van der Waals surface area contributed by atoms with Gasteiger partial charge in [0.2, 0.25) is 0 Å². The van der Waals surface area contributed by atoms with E-state index >= 15 is 0 Å². The molecule has 1 atom stereocenters. The maximum Gasteiger partial charge on any atom is 0.131 e. The lowest BCUT2D eigenvalue weighted by molar-refractivity contribution is 0.288. The molecule has 0 saturated carbocycles. The predicted molar refractivity (Wildman–Crippen MR) is 78.3 cm³/mol. The van der Waals surface area contributed by atoms with Gasteiger partial charge in [0.25, 0.3) is 0 Å². The summed E-state index contributed by atoms with van der Waals surface area (Å²) < 4.78 is 19.7. The SMILES string of the molecule is CC(N)c1ccc(F)c(-c2ccc3c(c2)CCCO3)c1. The van der Waals surface area contributed by atoms with Crippen LogP contribution in [0.2, 0.25) is 0 Å². The zero-order chi connectivity index (χ0) is 14.1. The fourth-order valence-corrected chi connectivity index (χ4v) is 2.58. The average molecular weight is 271 g/mol. The third-order valence-electron chi connectivity index (χ3n) is 3.74. The average Bonchev–Trinajstić information content (AvgIpc) is 2.47. The topological polar surface area (TPSA) is 35.2 Å². The summed E-state index contributed by atoms with van der Waals surface area (Å²) in [5.41, 5.74) is 9.46. The molecule has 2 aromatic rings. The molecule has 0 radical (unpaired) electrons. The van der Waals surface area contributed by atoms with E-state index in [9.17, 15) is 4.39 Å². The molecule has 0 fully saturated rings. The molecule has 0 aliphatic carbocycles. The molecule has 0 amide bonds. The summed E-state index contributed by atoms with van der Waals surface area (Å²) in [7, 11) is 0. The van der Waals surface area contributed by atoms with Crippen molar-refractivity contribution in [2.45, 2.75) is 25.8 Å². The van der Waals surface area contributed by atoms with Gasteiger partial charge in [-0.15, -0.1) is 0 Å². The number of hydrogen-bond donors (Lipinski definition) is 1. The fourth-order valence-electron chi connectivity index (χ4n) is 2.58. The Hall–Kier alpha value is -1.87. The Balaban J connectivity index is 2.06. The minimum atomic E-state index is -0.217. The molecule has 2 aromatic carbocycles. The Bertz CT molecular complexity index is 637. The highest BCUT2D eigenvalue weighted by atomic mass is 19.1. The minimum Gasteiger partial charge on any atom is -0.493 e. The van der Waals surface area contributed by atoms with E-state index in [1.165, 1.54) is 6.07 Å². The van der Waals surface area contributed by atoms with Crippen LogP contribution in [-0.2, 0) is 6.42 Å². The molecule has 1 aliphatic rings. The molecule has 1 heterocycles. The first-order chi connectivity index (χ1) is 9.65. The van der Waals surface area contributed by atoms with Crippen LogP contribution in [0.1, 0.15) is 30.5 Å². The molecule has 20 heavy (non-hydrogen) atoms. The molecule has 0 bridgehead atoms. The van der Waals surface area contributed by atoms with Gasteiger partial charge in [0.05, 0.1) is 6.61 Å². The quantitative estimate of drug-likeness (QED) is 0.900. The van der Waals surface area contributed by atoms with Crippen molar-refractivity contribution in [1.82, 2.24) is 0 Å². The summed E-state index contributed by atoms with van der Waals surface area (Å²) in [6.07, 6.45) is 2.00. The monoisotopic (exact) mass is 271 g/mol. The molecule has 1 aliphatic heterocycles. The first-order valence-corrected chi connectivity index (χ1v) is 6.96. The number of fused-ring (bicyclic) bond motifs is 1. The third-order valence-corrected chi connectivity index (χ3v) is 3.74. The van der Waals surface area contributed by atoms with Crippen molar-refractivity contribution >= 4 is 0 Å². The molecule has 1 unspecified atom stereocenters. The maximum atomic E-state index is 14.1. The van der Waals surface area contributed by atoms with Gasteiger partial charge in [0.1, 0.15) is 11.6 Å². The van der Waals surface area contributed by atoms with Gasteiger partial charge in [0.15, 0.2) is 0 Å². The first-order valence-electron chi connectivity index (χ1n) is 6.96. The molecule has 2 N–H and O–H groups in total. The molecule has 0 saturated heterocycles. The summed E-state index contributed by atoms with van der Waals surface area (Å²) in [6.45, 7) is 2.67. The largest absolute Gasteiger partial charge is 0.493 e. The Morgan fingerprint density at radius 3 is 2.85 bits per heavy atom. The number of benzene rings is 2. The Morgan fingerprint density at radius 1 is 1.20 bits per heavy atom. The van der Waals surface area contributed by atoms with Crippen molar-refractivity contribution < 1.29 is 9.13 Å². The molecule has 0 spiro atoms. The van der Waals surface area contributed by atoms with Crippen LogP contribution in [0, 0.1) is 5.82 Å². The van der Waals surface area contributed by atoms with Crippen molar-refractivity contribution in [2.75, 3.05) is 6.61 Å². The van der Waals surface area contributed by atoms with Crippen LogP contribution >= 0.6 is 0 Å². The second-order valence-electron chi connectivity index (χ2n) is 5.30. The third kappa shape index (κ3) is 2.41. The number of rotatable bonds is 2. The Labute approximate surface area is 118 Å². The van der Waals surface area contributed by atoms with Gasteiger partial charge in [0, 0.05) is 11.6 Å². The normalized spacial score (nSPS) is 15.3. The summed E-state index contributed by atoms with van der Waals surface area (Å²) in [5, 5.41) is 0. The lowest BCUT2D eigenvalue weighted by Crippen LogP contribution is -2.08. The maximum absolute atomic E-state index is 14.1. The number of ether oxygens (including phenoxy) is 1. The van der Waals surface area contributed by atoms with E-state index in [-0.39, 0.29) is 11.9 Å². The van der Waals surface area contributed by atoms with E-state index in [0.717, 1.165) is 41.9 Å². The van der Waals surface area contributed by atoms with Gasteiger partial charge in [-0.3, -0.25) is 0 Å². The molecule has 2 nitrogen and oxygen atoms in total. The highest BCUT2D eigenvalue weighted by Crippen LogP contribution is 2.32. The van der Waals surface area contributed by atoms with Crippen molar-refractivity contribution in [1.29, 1.82) is 0 Å². The van der Waals surface area contributed by atoms with Crippen LogP contribution in [0.3, 0.4) is 0 Å². The lowest BCUT2D eigenvalue weighted by atomic mass is 9.96. The van der Waals surface area contributed by atoms with E-state index in [0.29, 0.717) is 5.56 Å². The Morgan fingerprint density at radius 2 is 2.05 bits per heavy atom. The summed E-state index contributed by atoms with van der Waals surface area (Å²) in [5.74, 6) is 0.704. The van der Waals surface area contributed by atoms with E-state index < -0.39 is 0 Å². The Kier molecular flexibility index (Phi) is 3.45. The van der Waals surface area contributed by atoms with Crippen LogP contribution < -0.4 is 10.5 Å². The van der Waals surface area contributed by atoms with Crippen LogP contribution in [0.15, 0.2) is 36.4 Å². The molecule has 104 valence electrons. The van der Waals surface area contributed by atoms with Gasteiger partial charge in [-0.25, -0.2) is 4.39 Å². The van der Waals surface area contributed by atoms with E-state index in [1.54, 1.807) is 6.07 Å². The van der Waals surface area contributed by atoms with Gasteiger partial charge in [-0.1, -0.05) is 12.1 Å². The second kappa shape index (κ2) is 5.25. The van der Waals surface area contributed by atoms with Gasteiger partial charge in [-0.2, -0.15) is 0 Å². The highest BCUT2D eigenvalue weighted by Gasteiger charge is 2.14. The van der Waals surface area contributed by atoms with Gasteiger partial charge in [-0.05, 0) is 60.7 Å². The molecular weight excluding hydrogens is 253 g/mol. The van der Waals surface area contributed by atoms with E-state index in [2.05, 4.69) is 0 Å².